The molecule has 0 saturated carbocycles. The van der Waals surface area contributed by atoms with Crippen molar-refractivity contribution < 1.29 is 21.6 Å². The molecule has 0 fully saturated rings. The number of nitrogens with two attached hydrogens (primary N) is 1. The van der Waals surface area contributed by atoms with Gasteiger partial charge in [0.1, 0.15) is 0 Å². The molecule has 0 unspecified atom stereocenters. The molecule has 0 radical (unpaired) electrons. The predicted octanol–water partition coefficient (Wildman–Crippen LogP) is 2.21. The van der Waals surface area contributed by atoms with Gasteiger partial charge in [-0.1, -0.05) is 0 Å². The van der Waals surface area contributed by atoms with E-state index >= 15 is 0 Å². The van der Waals surface area contributed by atoms with Crippen molar-refractivity contribution in [1.82, 2.24) is 4.72 Å². The number of hydrazine groups is 1. The fourth-order valence-corrected chi connectivity index (χ4v) is 3.55. The van der Waals surface area contributed by atoms with Crippen LogP contribution in [0.5, 0.6) is 0 Å². The van der Waals surface area contributed by atoms with E-state index in [0.717, 1.165) is 0 Å². The van der Waals surface area contributed by atoms with Gasteiger partial charge in [0.15, 0.2) is 0 Å². The van der Waals surface area contributed by atoms with Crippen LogP contribution >= 0.6 is 0 Å². The highest BCUT2D eigenvalue weighted by Gasteiger charge is 2.27. The van der Waals surface area contributed by atoms with Gasteiger partial charge < -0.3 is 5.43 Å². The third-order valence-electron chi connectivity index (χ3n) is 2.82. The Morgan fingerprint density at radius 1 is 1.19 bits per heavy atom. The van der Waals surface area contributed by atoms with Crippen molar-refractivity contribution in [3.63, 3.8) is 0 Å². The predicted molar refractivity (Wildman–Crippen MR) is 74.2 cm³/mol. The first-order valence-corrected chi connectivity index (χ1v) is 7.69. The molecule has 0 aromatic heterocycles. The summed E-state index contributed by atoms with van der Waals surface area (Å²) in [6, 6.07) is 3.11. The largest absolute Gasteiger partial charge is 0.389 e. The van der Waals surface area contributed by atoms with Gasteiger partial charge in [0.2, 0.25) is 10.0 Å². The number of benzene rings is 1. The minimum atomic E-state index is -4.29. The lowest BCUT2D eigenvalue weighted by Gasteiger charge is -2.14. The van der Waals surface area contributed by atoms with Crippen molar-refractivity contribution in [2.75, 3.05) is 12.0 Å². The summed E-state index contributed by atoms with van der Waals surface area (Å²) < 4.78 is 62.5. The molecule has 0 bridgehead atoms. The molecule has 1 rings (SSSR count). The van der Waals surface area contributed by atoms with Gasteiger partial charge in [0, 0.05) is 18.7 Å². The Balaban J connectivity index is 2.84. The van der Waals surface area contributed by atoms with E-state index in [1.54, 1.807) is 26.0 Å². The number of sulfonamides is 1. The van der Waals surface area contributed by atoms with Crippen LogP contribution in [0.3, 0.4) is 0 Å². The van der Waals surface area contributed by atoms with Crippen molar-refractivity contribution in [3.8, 4) is 0 Å². The molecule has 120 valence electrons. The Labute approximate surface area is 121 Å². The highest BCUT2D eigenvalue weighted by Crippen LogP contribution is 2.24. The van der Waals surface area contributed by atoms with Crippen LogP contribution in [0.2, 0.25) is 0 Å². The van der Waals surface area contributed by atoms with Crippen LogP contribution < -0.4 is 16.0 Å². The molecule has 0 saturated heterocycles. The van der Waals surface area contributed by atoms with Crippen molar-refractivity contribution in [2.45, 2.75) is 37.8 Å². The highest BCUT2D eigenvalue weighted by molar-refractivity contribution is 7.89. The smallest absolute Gasteiger partial charge is 0.324 e. The summed E-state index contributed by atoms with van der Waals surface area (Å²) in [6.45, 7) is 2.92. The van der Waals surface area contributed by atoms with Crippen LogP contribution in [0, 0.1) is 13.8 Å². The lowest BCUT2D eigenvalue weighted by molar-refractivity contribution is -0.135. The SMILES string of the molecule is Cc1cc(NN)cc(C)c1S(=O)(=O)NCCCC(F)(F)F. The maximum absolute atomic E-state index is 12.2. The highest BCUT2D eigenvalue weighted by atomic mass is 32.2. The second-order valence-corrected chi connectivity index (χ2v) is 6.40. The summed E-state index contributed by atoms with van der Waals surface area (Å²) in [4.78, 5) is 0.0634. The van der Waals surface area contributed by atoms with E-state index < -0.39 is 22.6 Å². The van der Waals surface area contributed by atoms with Gasteiger partial charge in [-0.2, -0.15) is 13.2 Å². The Kier molecular flexibility index (Phi) is 5.60. The molecule has 1 aromatic rings. The average molecular weight is 325 g/mol. The summed E-state index contributed by atoms with van der Waals surface area (Å²) >= 11 is 0. The number of aryl methyl sites for hydroxylation is 2. The minimum absolute atomic E-state index is 0.0634. The van der Waals surface area contributed by atoms with Gasteiger partial charge in [-0.05, 0) is 43.5 Å². The molecule has 0 aliphatic rings. The normalized spacial score (nSPS) is 12.5. The van der Waals surface area contributed by atoms with Gasteiger partial charge in [0.05, 0.1) is 4.90 Å². The number of rotatable bonds is 6. The fourth-order valence-electron chi connectivity index (χ4n) is 2.03. The van der Waals surface area contributed by atoms with Crippen LogP contribution in [-0.4, -0.2) is 21.1 Å². The summed E-state index contributed by atoms with van der Waals surface area (Å²) in [6.07, 6.45) is -5.61. The van der Waals surface area contributed by atoms with Crippen molar-refractivity contribution in [3.05, 3.63) is 23.3 Å². The number of nitrogen functional groups attached to an aromatic ring is 1. The topological polar surface area (TPSA) is 84.2 Å². The molecule has 0 heterocycles. The molecule has 0 aliphatic heterocycles. The minimum Gasteiger partial charge on any atom is -0.324 e. The standard InChI is InChI=1S/C12H18F3N3O2S/c1-8-6-10(18-16)7-9(2)11(8)21(19,20)17-5-3-4-12(13,14)15/h6-7,17-18H,3-5,16H2,1-2H3. The molecular formula is C12H18F3N3O2S. The molecule has 1 aromatic carbocycles. The van der Waals surface area contributed by atoms with E-state index in [0.29, 0.717) is 16.8 Å². The third-order valence-corrected chi connectivity index (χ3v) is 4.59. The van der Waals surface area contributed by atoms with Crippen LogP contribution in [0.4, 0.5) is 18.9 Å². The first-order chi connectivity index (χ1) is 9.57. The van der Waals surface area contributed by atoms with Gasteiger partial charge in [-0.25, -0.2) is 13.1 Å². The molecule has 0 spiro atoms. The van der Waals surface area contributed by atoms with E-state index in [2.05, 4.69) is 10.1 Å². The number of hydrogen-bond acceptors (Lipinski definition) is 4. The van der Waals surface area contributed by atoms with E-state index in [1.807, 2.05) is 0 Å². The molecule has 4 N–H and O–H groups in total. The summed E-state index contributed by atoms with van der Waals surface area (Å²) in [5.74, 6) is 5.26. The Hall–Kier alpha value is -1.32. The molecule has 0 aliphatic carbocycles. The summed E-state index contributed by atoms with van der Waals surface area (Å²) in [5, 5.41) is 0. The second kappa shape index (κ2) is 6.63. The van der Waals surface area contributed by atoms with Gasteiger partial charge in [-0.3, -0.25) is 5.84 Å². The zero-order valence-electron chi connectivity index (χ0n) is 11.7. The Morgan fingerprint density at radius 3 is 2.14 bits per heavy atom. The monoisotopic (exact) mass is 325 g/mol. The second-order valence-electron chi connectivity index (χ2n) is 4.70. The van der Waals surface area contributed by atoms with Crippen LogP contribution in [0.1, 0.15) is 24.0 Å². The number of anilines is 1. The molecule has 9 heteroatoms. The van der Waals surface area contributed by atoms with Crippen LogP contribution in [-0.2, 0) is 10.0 Å². The van der Waals surface area contributed by atoms with Gasteiger partial charge in [-0.15, -0.1) is 0 Å². The average Bonchev–Trinajstić information content (AvgIpc) is 2.32. The third kappa shape index (κ3) is 5.18. The summed E-state index contributed by atoms with van der Waals surface area (Å²) in [7, 11) is -3.85. The zero-order chi connectivity index (χ0) is 16.3. The number of hydrogen-bond donors (Lipinski definition) is 3. The lowest BCUT2D eigenvalue weighted by Crippen LogP contribution is -2.27. The first kappa shape index (κ1) is 17.7. The molecule has 5 nitrogen and oxygen atoms in total. The van der Waals surface area contributed by atoms with Gasteiger partial charge in [0.25, 0.3) is 0 Å². The first-order valence-electron chi connectivity index (χ1n) is 6.21. The Bertz CT molecular complexity index is 577. The molecule has 0 atom stereocenters. The fraction of sp³-hybridized carbons (Fsp3) is 0.500. The van der Waals surface area contributed by atoms with Crippen molar-refractivity contribution in [1.29, 1.82) is 0 Å². The Morgan fingerprint density at radius 2 is 1.71 bits per heavy atom. The van der Waals surface area contributed by atoms with E-state index in [4.69, 9.17) is 5.84 Å². The van der Waals surface area contributed by atoms with E-state index in [-0.39, 0.29) is 17.9 Å². The lowest BCUT2D eigenvalue weighted by atomic mass is 10.1. The van der Waals surface area contributed by atoms with Crippen molar-refractivity contribution in [2.24, 2.45) is 5.84 Å². The number of nitrogens with one attached hydrogen (secondary N) is 2. The molecule has 0 amide bonds. The van der Waals surface area contributed by atoms with E-state index in [9.17, 15) is 21.6 Å². The maximum atomic E-state index is 12.2. The van der Waals surface area contributed by atoms with Gasteiger partial charge >= 0.3 is 6.18 Å². The van der Waals surface area contributed by atoms with Crippen LogP contribution in [0.15, 0.2) is 17.0 Å². The zero-order valence-corrected chi connectivity index (χ0v) is 12.5. The number of halogens is 3. The van der Waals surface area contributed by atoms with E-state index in [1.165, 1.54) is 0 Å². The summed E-state index contributed by atoms with van der Waals surface area (Å²) in [5.41, 5.74) is 3.90. The van der Waals surface area contributed by atoms with Crippen LogP contribution in [0.25, 0.3) is 0 Å². The maximum Gasteiger partial charge on any atom is 0.389 e. The van der Waals surface area contributed by atoms with Crippen molar-refractivity contribution >= 4 is 15.7 Å². The molecular weight excluding hydrogens is 307 g/mol. The number of alkyl halides is 3. The molecule has 21 heavy (non-hydrogen) atoms. The quantitative estimate of drug-likeness (QED) is 0.425.